The third kappa shape index (κ3) is 5.32. The molecule has 0 aliphatic carbocycles. The number of carbonyl (C=O) groups excluding carboxylic acids is 1. The Morgan fingerprint density at radius 2 is 1.89 bits per heavy atom. The lowest BCUT2D eigenvalue weighted by atomic mass is 9.87. The number of nitrogens with zero attached hydrogens (tertiary/aromatic N) is 4. The van der Waals surface area contributed by atoms with E-state index >= 15 is 0 Å². The Bertz CT molecular complexity index is 663. The number of likely N-dealkylation sites (N-methyl/N-ethyl adjacent to an activating group) is 1. The molecule has 1 aromatic heterocycles. The Kier molecular flexibility index (Phi) is 6.97. The van der Waals surface area contributed by atoms with Crippen molar-refractivity contribution in [3.05, 3.63) is 28.8 Å². The quantitative estimate of drug-likeness (QED) is 0.719. The van der Waals surface area contributed by atoms with Crippen LogP contribution < -0.4 is 5.32 Å². The molecular formula is C18H27ClFN5OS. The van der Waals surface area contributed by atoms with Crippen LogP contribution in [0.5, 0.6) is 0 Å². The zero-order valence-electron chi connectivity index (χ0n) is 15.6. The summed E-state index contributed by atoms with van der Waals surface area (Å²) in [6.07, 6.45) is 2.62. The highest BCUT2D eigenvalue weighted by Gasteiger charge is 2.38. The van der Waals surface area contributed by atoms with Crippen molar-refractivity contribution in [1.29, 1.82) is 0 Å². The highest BCUT2D eigenvalue weighted by molar-refractivity contribution is 7.77. The molecule has 2 aliphatic heterocycles. The first-order valence-corrected chi connectivity index (χ1v) is 10.2. The summed E-state index contributed by atoms with van der Waals surface area (Å²) in [6.45, 7) is 9.70. The first-order chi connectivity index (χ1) is 12.9. The van der Waals surface area contributed by atoms with Crippen LogP contribution in [0.1, 0.15) is 30.3 Å². The summed E-state index contributed by atoms with van der Waals surface area (Å²) in [7, 11) is 0. The number of nitrogens with one attached hydrogen (secondary N) is 1. The van der Waals surface area contributed by atoms with Crippen LogP contribution in [-0.2, 0) is 0 Å². The van der Waals surface area contributed by atoms with Crippen LogP contribution in [0, 0.1) is 5.82 Å². The molecule has 3 rings (SSSR count). The van der Waals surface area contributed by atoms with Crippen molar-refractivity contribution in [3.63, 3.8) is 0 Å². The zero-order chi connectivity index (χ0) is 19.4. The summed E-state index contributed by atoms with van der Waals surface area (Å²) in [5, 5.41) is 3.21. The number of amides is 1. The molecule has 1 aromatic rings. The lowest BCUT2D eigenvalue weighted by Gasteiger charge is -2.45. The number of thiol groups is 1. The number of halogens is 2. The molecule has 0 bridgehead atoms. The number of aromatic nitrogens is 1. The molecule has 9 heteroatoms. The summed E-state index contributed by atoms with van der Waals surface area (Å²) in [6, 6.07) is 1.12. The first-order valence-electron chi connectivity index (χ1n) is 9.43. The van der Waals surface area contributed by atoms with Gasteiger partial charge in [-0.25, -0.2) is 9.37 Å². The standard InChI is InChI=1S/C18H27ClFN5OS/c1-2-23-7-9-24(10-8-23)13-18(3-5-25(27)6-4-18)22-17(26)16-15(19)11-14(20)12-21-16/h11-12,27H,2-10,13H2,1H3,(H,22,26). The van der Waals surface area contributed by atoms with Gasteiger partial charge in [-0.15, -0.1) is 0 Å². The second-order valence-corrected chi connectivity index (χ2v) is 8.36. The van der Waals surface area contributed by atoms with Crippen molar-refractivity contribution in [3.8, 4) is 0 Å². The molecule has 0 unspecified atom stereocenters. The Balaban J connectivity index is 1.72. The highest BCUT2D eigenvalue weighted by atomic mass is 35.5. The van der Waals surface area contributed by atoms with Crippen LogP contribution >= 0.6 is 24.4 Å². The number of rotatable bonds is 5. The van der Waals surface area contributed by atoms with Crippen LogP contribution in [0.15, 0.2) is 12.3 Å². The summed E-state index contributed by atoms with van der Waals surface area (Å²) in [5.41, 5.74) is -0.286. The Hall–Kier alpha value is -0.930. The Morgan fingerprint density at radius 1 is 1.26 bits per heavy atom. The molecule has 3 heterocycles. The van der Waals surface area contributed by atoms with E-state index in [1.165, 1.54) is 0 Å². The van der Waals surface area contributed by atoms with Crippen LogP contribution in [0.25, 0.3) is 0 Å². The van der Waals surface area contributed by atoms with E-state index in [4.69, 9.17) is 11.6 Å². The van der Waals surface area contributed by atoms with Gasteiger partial charge in [0.1, 0.15) is 11.5 Å². The van der Waals surface area contributed by atoms with Gasteiger partial charge in [-0.3, -0.25) is 14.0 Å². The van der Waals surface area contributed by atoms with Crippen LogP contribution in [0.3, 0.4) is 0 Å². The Labute approximate surface area is 170 Å². The number of hydrogen-bond acceptors (Lipinski definition) is 6. The number of pyridine rings is 1. The average Bonchev–Trinajstić information content (AvgIpc) is 2.65. The van der Waals surface area contributed by atoms with Crippen molar-refractivity contribution in [1.82, 2.24) is 24.4 Å². The largest absolute Gasteiger partial charge is 0.344 e. The predicted molar refractivity (Wildman–Crippen MR) is 108 cm³/mol. The van der Waals surface area contributed by atoms with Gasteiger partial charge in [-0.2, -0.15) is 0 Å². The van der Waals surface area contributed by atoms with Gasteiger partial charge in [0.05, 0.1) is 16.8 Å². The minimum Gasteiger partial charge on any atom is -0.344 e. The van der Waals surface area contributed by atoms with Gasteiger partial charge in [-0.05, 0) is 25.5 Å². The highest BCUT2D eigenvalue weighted by Crippen LogP contribution is 2.26. The van der Waals surface area contributed by atoms with E-state index < -0.39 is 5.82 Å². The molecule has 27 heavy (non-hydrogen) atoms. The molecule has 6 nitrogen and oxygen atoms in total. The van der Waals surface area contributed by atoms with Crippen LogP contribution in [0.4, 0.5) is 4.39 Å². The molecule has 0 aromatic carbocycles. The molecule has 2 saturated heterocycles. The maximum atomic E-state index is 13.3. The predicted octanol–water partition coefficient (Wildman–Crippen LogP) is 1.92. The number of piperazine rings is 1. The van der Waals surface area contributed by atoms with E-state index in [2.05, 4.69) is 39.8 Å². The molecule has 0 spiro atoms. The monoisotopic (exact) mass is 415 g/mol. The van der Waals surface area contributed by atoms with Crippen LogP contribution in [0.2, 0.25) is 5.02 Å². The van der Waals surface area contributed by atoms with Gasteiger partial charge in [-0.1, -0.05) is 31.3 Å². The van der Waals surface area contributed by atoms with E-state index in [0.29, 0.717) is 0 Å². The van der Waals surface area contributed by atoms with Crippen molar-refractivity contribution in [2.24, 2.45) is 0 Å². The molecule has 2 fully saturated rings. The van der Waals surface area contributed by atoms with E-state index in [9.17, 15) is 9.18 Å². The molecule has 0 saturated carbocycles. The smallest absolute Gasteiger partial charge is 0.271 e. The minimum atomic E-state index is -0.552. The number of carbonyl (C=O) groups is 1. The number of hydrogen-bond donors (Lipinski definition) is 2. The van der Waals surface area contributed by atoms with Crippen molar-refractivity contribution in [2.45, 2.75) is 25.3 Å². The van der Waals surface area contributed by atoms with Gasteiger partial charge in [0.25, 0.3) is 5.91 Å². The third-order valence-electron chi connectivity index (χ3n) is 5.54. The van der Waals surface area contributed by atoms with E-state index in [1.807, 2.05) is 4.31 Å². The fraction of sp³-hybridized carbons (Fsp3) is 0.667. The molecule has 0 radical (unpaired) electrons. The lowest BCUT2D eigenvalue weighted by Crippen LogP contribution is -2.61. The summed E-state index contributed by atoms with van der Waals surface area (Å²) >= 11 is 10.5. The lowest BCUT2D eigenvalue weighted by molar-refractivity contribution is 0.0665. The fourth-order valence-electron chi connectivity index (χ4n) is 3.82. The summed E-state index contributed by atoms with van der Waals surface area (Å²) in [4.78, 5) is 21.6. The second kappa shape index (κ2) is 9.05. The number of piperidine rings is 1. The van der Waals surface area contributed by atoms with E-state index in [0.717, 1.165) is 77.5 Å². The fourth-order valence-corrected chi connectivity index (χ4v) is 4.26. The summed E-state index contributed by atoms with van der Waals surface area (Å²) < 4.78 is 15.2. The minimum absolute atomic E-state index is 0.0332. The van der Waals surface area contributed by atoms with Gasteiger partial charge in [0.2, 0.25) is 0 Å². The average molecular weight is 416 g/mol. The van der Waals surface area contributed by atoms with Crippen molar-refractivity contribution < 1.29 is 9.18 Å². The van der Waals surface area contributed by atoms with Gasteiger partial charge >= 0.3 is 0 Å². The second-order valence-electron chi connectivity index (χ2n) is 7.38. The Morgan fingerprint density at radius 3 is 2.48 bits per heavy atom. The summed E-state index contributed by atoms with van der Waals surface area (Å²) in [5.74, 6) is -0.900. The maximum Gasteiger partial charge on any atom is 0.271 e. The maximum absolute atomic E-state index is 13.3. The molecular weight excluding hydrogens is 389 g/mol. The van der Waals surface area contributed by atoms with Gasteiger partial charge in [0, 0.05) is 45.8 Å². The molecule has 2 aliphatic rings. The molecule has 150 valence electrons. The molecule has 1 amide bonds. The van der Waals surface area contributed by atoms with Crippen molar-refractivity contribution in [2.75, 3.05) is 52.4 Å². The third-order valence-corrected chi connectivity index (χ3v) is 6.23. The van der Waals surface area contributed by atoms with Gasteiger partial charge in [0.15, 0.2) is 0 Å². The molecule has 0 atom stereocenters. The topological polar surface area (TPSA) is 51.7 Å². The van der Waals surface area contributed by atoms with Crippen LogP contribution in [-0.4, -0.2) is 82.9 Å². The van der Waals surface area contributed by atoms with E-state index in [-0.39, 0.29) is 22.2 Å². The zero-order valence-corrected chi connectivity index (χ0v) is 17.3. The normalized spacial score (nSPS) is 21.9. The SMILES string of the molecule is CCN1CCN(CC2(NC(=O)c3ncc(F)cc3Cl)CCN(S)CC2)CC1. The molecule has 1 N–H and O–H groups in total. The first kappa shape index (κ1) is 20.8. The van der Waals surface area contributed by atoms with Gasteiger partial charge < -0.3 is 10.2 Å². The van der Waals surface area contributed by atoms with Crippen molar-refractivity contribution >= 4 is 30.3 Å². The van der Waals surface area contributed by atoms with E-state index in [1.54, 1.807) is 0 Å².